The van der Waals surface area contributed by atoms with Crippen molar-refractivity contribution in [1.82, 2.24) is 14.5 Å². The number of nitrogens with zero attached hydrogens (tertiary/aromatic N) is 2. The van der Waals surface area contributed by atoms with Gasteiger partial charge in [0.15, 0.2) is 5.52 Å². The monoisotopic (exact) mass is 306 g/mol. The number of rotatable bonds is 5. The molecule has 0 atom stereocenters. The first-order chi connectivity index (χ1) is 8.87. The lowest BCUT2D eigenvalue weighted by Crippen LogP contribution is -2.10. The zero-order valence-corrected chi connectivity index (χ0v) is 11.2. The molecule has 0 aliphatic heterocycles. The van der Waals surface area contributed by atoms with Crippen LogP contribution in [0.1, 0.15) is 0 Å². The minimum atomic E-state index is -4.16. The molecule has 0 fully saturated rings. The topological polar surface area (TPSA) is 175 Å². The highest BCUT2D eigenvalue weighted by Gasteiger charge is 2.12. The molecule has 2 aromatic rings. The van der Waals surface area contributed by atoms with Crippen molar-refractivity contribution >= 4 is 24.4 Å². The number of hydrogen-bond acceptors (Lipinski definition) is 5. The second-order valence-electron chi connectivity index (χ2n) is 3.93. The van der Waals surface area contributed by atoms with Crippen LogP contribution in [0.4, 0.5) is 5.82 Å². The average molecular weight is 306 g/mol. The number of H-pyrrole nitrogens is 1. The van der Waals surface area contributed by atoms with Gasteiger partial charge in [0.2, 0.25) is 0 Å². The molecule has 0 unspecified atom stereocenters. The van der Waals surface area contributed by atoms with Gasteiger partial charge >= 0.3 is 7.60 Å². The number of pyridine rings is 1. The van der Waals surface area contributed by atoms with E-state index in [9.17, 15) is 9.36 Å². The number of anilines is 1. The SMILES string of the molecule is Nc1cc2c(ncn2CCOCP(=O)(O)O)c(=O)[nH]1.O. The van der Waals surface area contributed by atoms with Crippen LogP contribution in [0.3, 0.4) is 0 Å². The van der Waals surface area contributed by atoms with Crippen molar-refractivity contribution < 1.29 is 24.6 Å². The first-order valence-electron chi connectivity index (χ1n) is 5.33. The standard InChI is InChI=1S/C9H13N4O5P.H2O/c10-7-3-6-8(9(14)12-7)11-4-13(6)1-2-18-5-19(15,16)17;/h3-4H,1-2,5H2,(H3,10,12,14)(H2,15,16,17);1H2. The Morgan fingerprint density at radius 2 is 2.20 bits per heavy atom. The number of imidazole rings is 1. The van der Waals surface area contributed by atoms with E-state index >= 15 is 0 Å². The molecule has 11 heteroatoms. The summed E-state index contributed by atoms with van der Waals surface area (Å²) in [5.41, 5.74) is 5.95. The molecule has 112 valence electrons. The van der Waals surface area contributed by atoms with E-state index in [1.165, 1.54) is 6.33 Å². The second kappa shape index (κ2) is 6.16. The van der Waals surface area contributed by atoms with Crippen LogP contribution in [-0.4, -0.2) is 42.8 Å². The number of nitrogens with two attached hydrogens (primary N) is 1. The molecule has 0 radical (unpaired) electrons. The number of aromatic amines is 1. The van der Waals surface area contributed by atoms with Gasteiger partial charge in [-0.2, -0.15) is 0 Å². The highest BCUT2D eigenvalue weighted by molar-refractivity contribution is 7.51. The first kappa shape index (κ1) is 16.3. The third-order valence-electron chi connectivity index (χ3n) is 2.38. The van der Waals surface area contributed by atoms with Crippen molar-refractivity contribution in [3.05, 3.63) is 22.7 Å². The van der Waals surface area contributed by atoms with E-state index in [0.717, 1.165) is 0 Å². The van der Waals surface area contributed by atoms with E-state index in [-0.39, 0.29) is 29.0 Å². The molecule has 0 amide bonds. The highest BCUT2D eigenvalue weighted by atomic mass is 31.2. The van der Waals surface area contributed by atoms with Gasteiger partial charge in [-0.1, -0.05) is 0 Å². The molecular weight excluding hydrogens is 291 g/mol. The van der Waals surface area contributed by atoms with Gasteiger partial charge in [0.25, 0.3) is 5.56 Å². The fourth-order valence-electron chi connectivity index (χ4n) is 1.62. The summed E-state index contributed by atoms with van der Waals surface area (Å²) in [5, 5.41) is 0. The molecule has 0 aromatic carbocycles. The van der Waals surface area contributed by atoms with Crippen LogP contribution in [0.25, 0.3) is 11.0 Å². The van der Waals surface area contributed by atoms with Crippen LogP contribution in [-0.2, 0) is 15.8 Å². The van der Waals surface area contributed by atoms with Crippen LogP contribution >= 0.6 is 7.60 Å². The van der Waals surface area contributed by atoms with Crippen LogP contribution in [0.2, 0.25) is 0 Å². The third kappa shape index (κ3) is 3.89. The molecule has 0 saturated heterocycles. The number of ether oxygens (including phenoxy) is 1. The summed E-state index contributed by atoms with van der Waals surface area (Å²) in [5.74, 6) is 0.218. The van der Waals surface area contributed by atoms with Gasteiger partial charge in [0.1, 0.15) is 12.2 Å². The van der Waals surface area contributed by atoms with Crippen molar-refractivity contribution in [2.45, 2.75) is 6.54 Å². The summed E-state index contributed by atoms with van der Waals surface area (Å²) in [6.45, 7) is 0.392. The Balaban J connectivity index is 0.00000200. The van der Waals surface area contributed by atoms with Crippen LogP contribution < -0.4 is 11.3 Å². The van der Waals surface area contributed by atoms with Crippen molar-refractivity contribution in [2.75, 3.05) is 18.7 Å². The maximum atomic E-state index is 11.5. The third-order valence-corrected chi connectivity index (χ3v) is 2.90. The van der Waals surface area contributed by atoms with Gasteiger partial charge in [0, 0.05) is 12.6 Å². The van der Waals surface area contributed by atoms with Crippen molar-refractivity contribution in [3.8, 4) is 0 Å². The van der Waals surface area contributed by atoms with E-state index in [1.54, 1.807) is 10.6 Å². The quantitative estimate of drug-likeness (QED) is 0.389. The lowest BCUT2D eigenvalue weighted by molar-refractivity contribution is 0.149. The molecule has 2 rings (SSSR count). The first-order valence-corrected chi connectivity index (χ1v) is 7.12. The summed E-state index contributed by atoms with van der Waals surface area (Å²) in [7, 11) is -4.16. The van der Waals surface area contributed by atoms with Crippen LogP contribution in [0.5, 0.6) is 0 Å². The lowest BCUT2D eigenvalue weighted by atomic mass is 10.4. The zero-order chi connectivity index (χ0) is 14.0. The van der Waals surface area contributed by atoms with Crippen molar-refractivity contribution in [1.29, 1.82) is 0 Å². The Bertz CT molecular complexity index is 689. The van der Waals surface area contributed by atoms with Gasteiger partial charge in [-0.05, 0) is 0 Å². The predicted molar refractivity (Wildman–Crippen MR) is 71.2 cm³/mol. The van der Waals surface area contributed by atoms with E-state index in [1.807, 2.05) is 0 Å². The molecule has 10 nitrogen and oxygen atoms in total. The zero-order valence-electron chi connectivity index (χ0n) is 10.3. The maximum Gasteiger partial charge on any atom is 0.350 e. The summed E-state index contributed by atoms with van der Waals surface area (Å²) >= 11 is 0. The fourth-order valence-corrected chi connectivity index (χ4v) is 1.98. The van der Waals surface area contributed by atoms with Gasteiger partial charge in [-0.15, -0.1) is 0 Å². The smallest absolute Gasteiger partial charge is 0.350 e. The predicted octanol–water partition coefficient (Wildman–Crippen LogP) is -1.37. The molecule has 7 N–H and O–H groups in total. The van der Waals surface area contributed by atoms with Gasteiger partial charge in [0.05, 0.1) is 18.5 Å². The Hall–Kier alpha value is -1.71. The number of aromatic nitrogens is 3. The summed E-state index contributed by atoms with van der Waals surface area (Å²) < 4.78 is 17.1. The van der Waals surface area contributed by atoms with E-state index in [2.05, 4.69) is 9.97 Å². The van der Waals surface area contributed by atoms with Crippen LogP contribution in [0.15, 0.2) is 17.2 Å². The largest absolute Gasteiger partial charge is 0.412 e. The molecule has 0 bridgehead atoms. The number of nitrogen functional groups attached to an aromatic ring is 1. The molecule has 2 aromatic heterocycles. The number of hydrogen-bond donors (Lipinski definition) is 4. The summed E-state index contributed by atoms with van der Waals surface area (Å²) in [6, 6.07) is 1.56. The minimum absolute atomic E-state index is 0. The van der Waals surface area contributed by atoms with Gasteiger partial charge in [-0.25, -0.2) is 4.98 Å². The molecule has 0 aliphatic rings. The van der Waals surface area contributed by atoms with Gasteiger partial charge < -0.3 is 35.3 Å². The van der Waals surface area contributed by atoms with E-state index in [0.29, 0.717) is 12.1 Å². The van der Waals surface area contributed by atoms with E-state index in [4.69, 9.17) is 20.3 Å². The maximum absolute atomic E-state index is 11.5. The van der Waals surface area contributed by atoms with Crippen LogP contribution in [0, 0.1) is 0 Å². The summed E-state index contributed by atoms with van der Waals surface area (Å²) in [6.07, 6.45) is 0.808. The van der Waals surface area contributed by atoms with Gasteiger partial charge in [-0.3, -0.25) is 9.36 Å². The number of fused-ring (bicyclic) bond motifs is 1. The minimum Gasteiger partial charge on any atom is -0.412 e. The normalized spacial score (nSPS) is 11.5. The molecule has 0 saturated carbocycles. The van der Waals surface area contributed by atoms with Crippen molar-refractivity contribution in [3.63, 3.8) is 0 Å². The fraction of sp³-hybridized carbons (Fsp3) is 0.333. The lowest BCUT2D eigenvalue weighted by Gasteiger charge is -2.07. The Labute approximate surface area is 112 Å². The number of nitrogens with one attached hydrogen (secondary N) is 1. The average Bonchev–Trinajstić information content (AvgIpc) is 2.66. The molecule has 20 heavy (non-hydrogen) atoms. The Kier molecular flexibility index (Phi) is 5.03. The summed E-state index contributed by atoms with van der Waals surface area (Å²) in [4.78, 5) is 35.1. The van der Waals surface area contributed by atoms with Crippen molar-refractivity contribution in [2.24, 2.45) is 0 Å². The Morgan fingerprint density at radius 1 is 1.50 bits per heavy atom. The molecular formula is C9H15N4O6P. The molecule has 0 aliphatic carbocycles. The molecule has 0 spiro atoms. The Morgan fingerprint density at radius 3 is 2.85 bits per heavy atom. The second-order valence-corrected chi connectivity index (χ2v) is 5.52. The highest BCUT2D eigenvalue weighted by Crippen LogP contribution is 2.33. The van der Waals surface area contributed by atoms with E-state index < -0.39 is 13.9 Å². The molecule has 2 heterocycles.